The van der Waals surface area contributed by atoms with Gasteiger partial charge in [0.15, 0.2) is 4.58 Å². The number of nitrogens with one attached hydrogen (secondary N) is 1. The highest BCUT2D eigenvalue weighted by Gasteiger charge is 2.36. The zero-order chi connectivity index (χ0) is 11.6. The van der Waals surface area contributed by atoms with Gasteiger partial charge in [0.1, 0.15) is 0 Å². The largest absolute Gasteiger partial charge is 0.313 e. The van der Waals surface area contributed by atoms with Crippen molar-refractivity contribution in [3.05, 3.63) is 0 Å². The molecule has 0 heterocycles. The van der Waals surface area contributed by atoms with Crippen LogP contribution in [0.25, 0.3) is 0 Å². The molecule has 0 saturated heterocycles. The van der Waals surface area contributed by atoms with E-state index in [9.17, 15) is 4.57 Å². The maximum absolute atomic E-state index is 12.1. The minimum atomic E-state index is -3.19. The first-order valence-electron chi connectivity index (χ1n) is 4.42. The van der Waals surface area contributed by atoms with Crippen LogP contribution in [0.15, 0.2) is 0 Å². The van der Waals surface area contributed by atoms with Crippen molar-refractivity contribution in [3.8, 4) is 0 Å². The van der Waals surface area contributed by atoms with Crippen LogP contribution < -0.4 is 5.09 Å². The molecule has 0 aromatic heterocycles. The number of alkyl halides is 2. The SMILES string of the molecule is CC(C)OP(=O)(NC(C)(C)C)C(Cl)Cl. The van der Waals surface area contributed by atoms with Gasteiger partial charge in [-0.15, -0.1) is 0 Å². The van der Waals surface area contributed by atoms with Crippen LogP contribution in [-0.4, -0.2) is 16.2 Å². The summed E-state index contributed by atoms with van der Waals surface area (Å²) in [5, 5.41) is 2.83. The van der Waals surface area contributed by atoms with Crippen LogP contribution in [0.1, 0.15) is 34.6 Å². The zero-order valence-electron chi connectivity index (χ0n) is 9.17. The van der Waals surface area contributed by atoms with Gasteiger partial charge in [0.05, 0.1) is 6.10 Å². The molecule has 1 atom stereocenters. The predicted octanol–water partition coefficient (Wildman–Crippen LogP) is 3.75. The van der Waals surface area contributed by atoms with Gasteiger partial charge in [0.25, 0.3) is 0 Å². The minimum Gasteiger partial charge on any atom is -0.313 e. The quantitative estimate of drug-likeness (QED) is 0.619. The van der Waals surface area contributed by atoms with Crippen LogP contribution >= 0.6 is 30.7 Å². The molecular formula is C8H18Cl2NO2P. The molecular weight excluding hydrogens is 244 g/mol. The minimum absolute atomic E-state index is 0.185. The van der Waals surface area contributed by atoms with Crippen molar-refractivity contribution in [2.75, 3.05) is 0 Å². The van der Waals surface area contributed by atoms with E-state index in [2.05, 4.69) is 5.09 Å². The lowest BCUT2D eigenvalue weighted by Crippen LogP contribution is -2.35. The molecule has 6 heteroatoms. The van der Waals surface area contributed by atoms with Gasteiger partial charge in [-0.05, 0) is 34.6 Å². The summed E-state index contributed by atoms with van der Waals surface area (Å²) in [5.74, 6) is 0. The molecule has 0 bridgehead atoms. The lowest BCUT2D eigenvalue weighted by molar-refractivity contribution is 0.232. The summed E-state index contributed by atoms with van der Waals surface area (Å²) in [6.45, 7) is 9.19. The lowest BCUT2D eigenvalue weighted by atomic mass is 10.1. The van der Waals surface area contributed by atoms with Crippen LogP contribution in [0.3, 0.4) is 0 Å². The fraction of sp³-hybridized carbons (Fsp3) is 1.00. The molecule has 0 aliphatic carbocycles. The van der Waals surface area contributed by atoms with Gasteiger partial charge in [-0.25, -0.2) is 5.09 Å². The van der Waals surface area contributed by atoms with E-state index in [1.165, 1.54) is 0 Å². The van der Waals surface area contributed by atoms with Crippen LogP contribution in [-0.2, 0) is 9.09 Å². The second-order valence-electron chi connectivity index (χ2n) is 4.39. The Kier molecular flexibility index (Phi) is 5.45. The zero-order valence-corrected chi connectivity index (χ0v) is 11.6. The molecule has 0 spiro atoms. The highest BCUT2D eigenvalue weighted by Crippen LogP contribution is 2.54. The van der Waals surface area contributed by atoms with Crippen molar-refractivity contribution in [2.45, 2.75) is 50.8 Å². The Balaban J connectivity index is 4.66. The standard InChI is InChI=1S/C8H18Cl2NO2P/c1-6(2)13-14(12,7(9)10)11-8(3,4)5/h6-7H,1-5H3,(H,11,12). The fourth-order valence-corrected chi connectivity index (χ4v) is 3.27. The molecule has 14 heavy (non-hydrogen) atoms. The molecule has 1 unspecified atom stereocenters. The van der Waals surface area contributed by atoms with Gasteiger partial charge in [-0.3, -0.25) is 4.57 Å². The van der Waals surface area contributed by atoms with Crippen molar-refractivity contribution >= 4 is 30.7 Å². The Bertz CT molecular complexity index is 226. The third-order valence-electron chi connectivity index (χ3n) is 1.12. The van der Waals surface area contributed by atoms with E-state index in [4.69, 9.17) is 27.7 Å². The third kappa shape index (κ3) is 5.57. The highest BCUT2D eigenvalue weighted by atomic mass is 35.5. The van der Waals surface area contributed by atoms with Gasteiger partial charge >= 0.3 is 7.52 Å². The summed E-state index contributed by atoms with van der Waals surface area (Å²) in [7, 11) is -3.19. The van der Waals surface area contributed by atoms with Crippen molar-refractivity contribution in [3.63, 3.8) is 0 Å². The average Bonchev–Trinajstić information content (AvgIpc) is 1.79. The summed E-state index contributed by atoms with van der Waals surface area (Å²) >= 11 is 11.3. The Hall–Kier alpha value is 0.730. The first kappa shape index (κ1) is 14.7. The summed E-state index contributed by atoms with van der Waals surface area (Å²) < 4.78 is 16.3. The molecule has 3 nitrogen and oxygen atoms in total. The Morgan fingerprint density at radius 2 is 1.71 bits per heavy atom. The van der Waals surface area contributed by atoms with E-state index in [-0.39, 0.29) is 11.6 Å². The molecule has 0 radical (unpaired) electrons. The maximum atomic E-state index is 12.1. The topological polar surface area (TPSA) is 38.3 Å². The molecule has 0 saturated carbocycles. The smallest absolute Gasteiger partial charge is 0.302 e. The normalized spacial score (nSPS) is 17.5. The van der Waals surface area contributed by atoms with E-state index in [0.29, 0.717) is 0 Å². The number of halogens is 2. The number of rotatable bonds is 4. The van der Waals surface area contributed by atoms with E-state index in [1.54, 1.807) is 13.8 Å². The van der Waals surface area contributed by atoms with Crippen LogP contribution in [0.2, 0.25) is 0 Å². The fourth-order valence-electron chi connectivity index (χ4n) is 0.902. The van der Waals surface area contributed by atoms with Gasteiger partial charge in [-0.2, -0.15) is 0 Å². The number of hydrogen-bond donors (Lipinski definition) is 1. The van der Waals surface area contributed by atoms with Gasteiger partial charge in [-0.1, -0.05) is 23.2 Å². The van der Waals surface area contributed by atoms with Gasteiger partial charge in [0, 0.05) is 5.54 Å². The van der Waals surface area contributed by atoms with Crippen molar-refractivity contribution in [1.82, 2.24) is 5.09 Å². The Morgan fingerprint density at radius 3 is 1.93 bits per heavy atom. The summed E-state index contributed by atoms with van der Waals surface area (Å²) in [5.41, 5.74) is -0.355. The first-order chi connectivity index (χ1) is 6.07. The van der Waals surface area contributed by atoms with Crippen LogP contribution in [0, 0.1) is 0 Å². The van der Waals surface area contributed by atoms with E-state index < -0.39 is 12.1 Å². The van der Waals surface area contributed by atoms with E-state index in [0.717, 1.165) is 0 Å². The molecule has 0 fully saturated rings. The monoisotopic (exact) mass is 261 g/mol. The molecule has 86 valence electrons. The molecule has 0 aliphatic rings. The summed E-state index contributed by atoms with van der Waals surface area (Å²) in [6.07, 6.45) is -0.185. The summed E-state index contributed by atoms with van der Waals surface area (Å²) in [6, 6.07) is 0. The van der Waals surface area contributed by atoms with Crippen LogP contribution in [0.4, 0.5) is 0 Å². The van der Waals surface area contributed by atoms with E-state index >= 15 is 0 Å². The molecule has 0 aromatic carbocycles. The second kappa shape index (κ2) is 5.18. The third-order valence-corrected chi connectivity index (χ3v) is 4.89. The molecule has 0 amide bonds. The van der Waals surface area contributed by atoms with Crippen molar-refractivity contribution in [1.29, 1.82) is 0 Å². The molecule has 0 aliphatic heterocycles. The second-order valence-corrected chi connectivity index (χ2v) is 8.24. The average molecular weight is 262 g/mol. The first-order valence-corrected chi connectivity index (χ1v) is 6.99. The molecule has 0 aromatic rings. The van der Waals surface area contributed by atoms with E-state index in [1.807, 2.05) is 20.8 Å². The summed E-state index contributed by atoms with van der Waals surface area (Å²) in [4.78, 5) is 0. The van der Waals surface area contributed by atoms with Crippen molar-refractivity contribution < 1.29 is 9.09 Å². The van der Waals surface area contributed by atoms with Crippen molar-refractivity contribution in [2.24, 2.45) is 0 Å². The van der Waals surface area contributed by atoms with Crippen LogP contribution in [0.5, 0.6) is 0 Å². The highest BCUT2D eigenvalue weighted by molar-refractivity contribution is 7.61. The number of hydrogen-bond acceptors (Lipinski definition) is 2. The van der Waals surface area contributed by atoms with Gasteiger partial charge < -0.3 is 4.52 Å². The molecule has 1 N–H and O–H groups in total. The Morgan fingerprint density at radius 1 is 1.29 bits per heavy atom. The van der Waals surface area contributed by atoms with Gasteiger partial charge in [0.2, 0.25) is 0 Å². The Labute approximate surface area is 96.0 Å². The molecule has 0 rings (SSSR count). The maximum Gasteiger partial charge on any atom is 0.302 e. The lowest BCUT2D eigenvalue weighted by Gasteiger charge is -2.30. The predicted molar refractivity (Wildman–Crippen MR) is 62.2 cm³/mol.